The van der Waals surface area contributed by atoms with Crippen molar-refractivity contribution in [3.63, 3.8) is 0 Å². The van der Waals surface area contributed by atoms with E-state index >= 15 is 0 Å². The van der Waals surface area contributed by atoms with Crippen molar-refractivity contribution < 1.29 is 14.3 Å². The van der Waals surface area contributed by atoms with Gasteiger partial charge in [0.05, 0.1) is 5.02 Å². The monoisotopic (exact) mass is 504 g/mol. The molecule has 5 nitrogen and oxygen atoms in total. The topological polar surface area (TPSA) is 58.6 Å². The van der Waals surface area contributed by atoms with Crippen LogP contribution in [0.15, 0.2) is 36.4 Å². The highest BCUT2D eigenvalue weighted by molar-refractivity contribution is 6.36. The van der Waals surface area contributed by atoms with Gasteiger partial charge in [-0.05, 0) is 50.6 Å². The summed E-state index contributed by atoms with van der Waals surface area (Å²) in [6, 6.07) is 8.97. The fourth-order valence-electron chi connectivity index (χ4n) is 2.72. The summed E-state index contributed by atoms with van der Waals surface area (Å²) < 4.78 is 5.59. The average molecular weight is 506 g/mol. The zero-order chi connectivity index (χ0) is 23.1. The predicted molar refractivity (Wildman–Crippen MR) is 126 cm³/mol. The van der Waals surface area contributed by atoms with E-state index in [0.29, 0.717) is 26.4 Å². The molecule has 0 aliphatic rings. The molecule has 0 spiro atoms. The first-order chi connectivity index (χ1) is 14.6. The Balaban J connectivity index is 2.24. The second-order valence-electron chi connectivity index (χ2n) is 7.08. The molecule has 0 saturated carbocycles. The Morgan fingerprint density at radius 1 is 1.03 bits per heavy atom. The zero-order valence-corrected chi connectivity index (χ0v) is 20.4. The highest BCUT2D eigenvalue weighted by Crippen LogP contribution is 2.29. The molecule has 0 aromatic heterocycles. The van der Waals surface area contributed by atoms with E-state index in [1.54, 1.807) is 37.3 Å². The van der Waals surface area contributed by atoms with Crippen LogP contribution in [0.4, 0.5) is 0 Å². The van der Waals surface area contributed by atoms with Crippen molar-refractivity contribution in [2.24, 2.45) is 0 Å². The minimum absolute atomic E-state index is 0.0278. The first kappa shape index (κ1) is 25.6. The van der Waals surface area contributed by atoms with Crippen molar-refractivity contribution in [1.82, 2.24) is 10.2 Å². The Morgan fingerprint density at radius 2 is 1.68 bits per heavy atom. The summed E-state index contributed by atoms with van der Waals surface area (Å²) >= 11 is 24.6. The van der Waals surface area contributed by atoms with Crippen LogP contribution in [0.5, 0.6) is 5.75 Å². The maximum Gasteiger partial charge on any atom is 0.261 e. The first-order valence-electron chi connectivity index (χ1n) is 9.74. The Morgan fingerprint density at radius 3 is 2.26 bits per heavy atom. The fourth-order valence-corrected chi connectivity index (χ4v) is 3.70. The quantitative estimate of drug-likeness (QED) is 0.453. The summed E-state index contributed by atoms with van der Waals surface area (Å²) in [4.78, 5) is 27.2. The number of halogens is 4. The molecule has 2 atom stereocenters. The van der Waals surface area contributed by atoms with Crippen molar-refractivity contribution in [3.05, 3.63) is 62.1 Å². The molecule has 31 heavy (non-hydrogen) atoms. The number of nitrogens with zero attached hydrogens (tertiary/aromatic N) is 1. The van der Waals surface area contributed by atoms with Crippen molar-refractivity contribution >= 4 is 58.2 Å². The molecular formula is C22H24Cl4N2O3. The van der Waals surface area contributed by atoms with Crippen molar-refractivity contribution in [1.29, 1.82) is 0 Å². The molecule has 2 aromatic carbocycles. The van der Waals surface area contributed by atoms with Gasteiger partial charge in [-0.15, -0.1) is 0 Å². The van der Waals surface area contributed by atoms with Crippen LogP contribution in [0.2, 0.25) is 20.1 Å². The summed E-state index contributed by atoms with van der Waals surface area (Å²) in [6.45, 7) is 5.23. The van der Waals surface area contributed by atoms with E-state index in [2.05, 4.69) is 5.32 Å². The van der Waals surface area contributed by atoms with Crippen LogP contribution in [0.25, 0.3) is 0 Å². The lowest BCUT2D eigenvalue weighted by atomic mass is 10.1. The van der Waals surface area contributed by atoms with E-state index in [-0.39, 0.29) is 30.1 Å². The first-order valence-corrected chi connectivity index (χ1v) is 11.3. The standard InChI is InChI=1S/C22H24Cl4N2O3/c1-4-13(2)27-22(30)14(3)28(11-16-17(24)6-5-7-18(16)25)21(29)12-31-20-9-8-15(23)10-19(20)26/h5-10,13-14H,4,11-12H2,1-3H3,(H,27,30)/t13-,14-/m1/s1. The average Bonchev–Trinajstić information content (AvgIpc) is 2.72. The van der Waals surface area contributed by atoms with Crippen molar-refractivity contribution in [2.45, 2.75) is 45.8 Å². The third-order valence-electron chi connectivity index (χ3n) is 4.80. The van der Waals surface area contributed by atoms with Gasteiger partial charge in [-0.2, -0.15) is 0 Å². The summed E-state index contributed by atoms with van der Waals surface area (Å²) in [5.74, 6) is -0.393. The van der Waals surface area contributed by atoms with Gasteiger partial charge in [-0.3, -0.25) is 9.59 Å². The van der Waals surface area contributed by atoms with Crippen LogP contribution in [-0.2, 0) is 16.1 Å². The molecule has 1 N–H and O–H groups in total. The number of hydrogen-bond donors (Lipinski definition) is 1. The van der Waals surface area contributed by atoms with Gasteiger partial charge in [0, 0.05) is 33.2 Å². The third-order valence-corrected chi connectivity index (χ3v) is 6.04. The number of carbonyl (C=O) groups excluding carboxylic acids is 2. The second-order valence-corrected chi connectivity index (χ2v) is 8.74. The number of carbonyl (C=O) groups is 2. The lowest BCUT2D eigenvalue weighted by Crippen LogP contribution is -2.50. The van der Waals surface area contributed by atoms with Crippen molar-refractivity contribution in [3.8, 4) is 5.75 Å². The lowest BCUT2D eigenvalue weighted by Gasteiger charge is -2.30. The molecule has 9 heteroatoms. The van der Waals surface area contributed by atoms with Gasteiger partial charge in [0.1, 0.15) is 11.8 Å². The number of ether oxygens (including phenoxy) is 1. The maximum absolute atomic E-state index is 13.1. The van der Waals surface area contributed by atoms with Gasteiger partial charge in [0.25, 0.3) is 5.91 Å². The van der Waals surface area contributed by atoms with Crippen LogP contribution in [0.3, 0.4) is 0 Å². The largest absolute Gasteiger partial charge is 0.482 e. The minimum atomic E-state index is -0.780. The molecular weight excluding hydrogens is 482 g/mol. The van der Waals surface area contributed by atoms with Gasteiger partial charge in [-0.25, -0.2) is 0 Å². The molecule has 0 saturated heterocycles. The molecule has 0 unspecified atom stereocenters. The van der Waals surface area contributed by atoms with E-state index < -0.39 is 11.9 Å². The zero-order valence-electron chi connectivity index (χ0n) is 17.4. The Labute approximate surface area is 202 Å². The van der Waals surface area contributed by atoms with Crippen molar-refractivity contribution in [2.75, 3.05) is 6.61 Å². The smallest absolute Gasteiger partial charge is 0.261 e. The number of benzene rings is 2. The molecule has 2 rings (SSSR count). The number of hydrogen-bond acceptors (Lipinski definition) is 3. The van der Waals surface area contributed by atoms with Crippen LogP contribution in [0, 0.1) is 0 Å². The minimum Gasteiger partial charge on any atom is -0.482 e. The fraction of sp³-hybridized carbons (Fsp3) is 0.364. The molecule has 2 aromatic rings. The molecule has 0 radical (unpaired) electrons. The van der Waals surface area contributed by atoms with Crippen LogP contribution >= 0.6 is 46.4 Å². The Hall–Kier alpha value is -1.66. The van der Waals surface area contributed by atoms with Gasteiger partial charge in [-0.1, -0.05) is 59.4 Å². The normalized spacial score (nSPS) is 12.7. The summed E-state index contributed by atoms with van der Waals surface area (Å²) in [5, 5.41) is 4.44. The van der Waals surface area contributed by atoms with E-state index in [1.165, 1.54) is 11.0 Å². The molecule has 0 aliphatic heterocycles. The van der Waals surface area contributed by atoms with Crippen LogP contribution in [-0.4, -0.2) is 35.4 Å². The molecule has 168 valence electrons. The Bertz CT molecular complexity index is 919. The number of rotatable bonds is 9. The molecule has 0 heterocycles. The number of amides is 2. The summed E-state index contributed by atoms with van der Waals surface area (Å²) in [6.07, 6.45) is 0.765. The van der Waals surface area contributed by atoms with E-state index in [1.807, 2.05) is 13.8 Å². The number of nitrogens with one attached hydrogen (secondary N) is 1. The van der Waals surface area contributed by atoms with E-state index in [4.69, 9.17) is 51.1 Å². The predicted octanol–water partition coefficient (Wildman–Crippen LogP) is 6.01. The second kappa shape index (κ2) is 11.8. The van der Waals surface area contributed by atoms with E-state index in [9.17, 15) is 9.59 Å². The van der Waals surface area contributed by atoms with Gasteiger partial charge in [0.2, 0.25) is 5.91 Å². The van der Waals surface area contributed by atoms with E-state index in [0.717, 1.165) is 6.42 Å². The summed E-state index contributed by atoms with van der Waals surface area (Å²) in [7, 11) is 0. The van der Waals surface area contributed by atoms with Gasteiger partial charge < -0.3 is 15.0 Å². The molecule has 2 amide bonds. The third kappa shape index (κ3) is 7.18. The van der Waals surface area contributed by atoms with Gasteiger partial charge >= 0.3 is 0 Å². The molecule has 0 bridgehead atoms. The van der Waals surface area contributed by atoms with Gasteiger partial charge in [0.15, 0.2) is 6.61 Å². The molecule has 0 aliphatic carbocycles. The Kier molecular flexibility index (Phi) is 9.76. The summed E-state index contributed by atoms with van der Waals surface area (Å²) in [5.41, 5.74) is 0.548. The van der Waals surface area contributed by atoms with Crippen LogP contribution < -0.4 is 10.1 Å². The maximum atomic E-state index is 13.1. The molecule has 0 fully saturated rings. The highest BCUT2D eigenvalue weighted by Gasteiger charge is 2.28. The lowest BCUT2D eigenvalue weighted by molar-refractivity contribution is -0.142. The SMILES string of the molecule is CC[C@@H](C)NC(=O)[C@@H](C)N(Cc1c(Cl)cccc1Cl)C(=O)COc1ccc(Cl)cc1Cl. The highest BCUT2D eigenvalue weighted by atomic mass is 35.5. The van der Waals surface area contributed by atoms with Crippen LogP contribution in [0.1, 0.15) is 32.8 Å².